The lowest BCUT2D eigenvalue weighted by molar-refractivity contribution is -0.154. The van der Waals surface area contributed by atoms with Crippen LogP contribution in [0.3, 0.4) is 0 Å². The molecule has 35 heavy (non-hydrogen) atoms. The Kier molecular flexibility index (Phi) is 7.76. The average molecular weight is 492 g/mol. The number of nitriles is 1. The largest absolute Gasteiger partial charge is 0.508 e. The van der Waals surface area contributed by atoms with Crippen molar-refractivity contribution >= 4 is 23.5 Å². The van der Waals surface area contributed by atoms with E-state index in [1.54, 1.807) is 34.0 Å². The second-order valence-electron chi connectivity index (χ2n) is 8.44. The van der Waals surface area contributed by atoms with Gasteiger partial charge in [0.15, 0.2) is 5.82 Å². The van der Waals surface area contributed by atoms with E-state index in [2.05, 4.69) is 10.1 Å². The van der Waals surface area contributed by atoms with Gasteiger partial charge in [-0.2, -0.15) is 10.4 Å². The van der Waals surface area contributed by atoms with Gasteiger partial charge in [-0.3, -0.25) is 9.69 Å². The lowest BCUT2D eigenvalue weighted by atomic mass is 9.92. The van der Waals surface area contributed by atoms with Crippen molar-refractivity contribution in [3.63, 3.8) is 0 Å². The number of fused-ring (bicyclic) bond motifs is 1. The summed E-state index contributed by atoms with van der Waals surface area (Å²) >= 11 is 0. The fourth-order valence-corrected chi connectivity index (χ4v) is 3.63. The number of hydrogen-bond acceptors (Lipinski definition) is 13. The third-order valence-corrected chi connectivity index (χ3v) is 5.46. The van der Waals surface area contributed by atoms with Gasteiger partial charge in [0, 0.05) is 0 Å². The summed E-state index contributed by atoms with van der Waals surface area (Å²) in [4.78, 5) is 29.7. The first-order valence-corrected chi connectivity index (χ1v) is 10.7. The quantitative estimate of drug-likeness (QED) is 0.387. The molecule has 0 aromatic carbocycles. The van der Waals surface area contributed by atoms with Gasteiger partial charge in [0.2, 0.25) is 5.60 Å². The highest BCUT2D eigenvalue weighted by Gasteiger charge is 2.57. The van der Waals surface area contributed by atoms with Crippen LogP contribution in [0.1, 0.15) is 19.5 Å². The summed E-state index contributed by atoms with van der Waals surface area (Å²) in [5.41, 5.74) is 4.28. The number of carbonyl (C=O) groups is 2. The first kappa shape index (κ1) is 26.1. The second-order valence-corrected chi connectivity index (χ2v) is 8.44. The Morgan fingerprint density at radius 1 is 1.34 bits per heavy atom. The molecule has 1 aliphatic rings. The number of nitrogens with two attached hydrogens (primary N) is 1. The number of esters is 1. The van der Waals surface area contributed by atoms with Crippen molar-refractivity contribution in [1.29, 1.82) is 5.26 Å². The van der Waals surface area contributed by atoms with Crippen molar-refractivity contribution in [2.75, 3.05) is 33.0 Å². The molecule has 0 spiro atoms. The lowest BCUT2D eigenvalue weighted by Crippen LogP contribution is -2.42. The summed E-state index contributed by atoms with van der Waals surface area (Å²) in [5, 5.41) is 35.2. The number of nitrogen functional groups attached to an aromatic ring is 1. The van der Waals surface area contributed by atoms with E-state index in [-0.39, 0.29) is 24.2 Å². The maximum absolute atomic E-state index is 12.2. The normalized spacial score (nSPS) is 24.9. The summed E-state index contributed by atoms with van der Waals surface area (Å²) in [5.74, 6) is -0.429. The van der Waals surface area contributed by atoms with E-state index in [9.17, 15) is 25.1 Å². The minimum absolute atomic E-state index is 0.109. The van der Waals surface area contributed by atoms with E-state index in [1.807, 2.05) is 6.07 Å². The summed E-state index contributed by atoms with van der Waals surface area (Å²) in [6, 6.07) is 4.04. The Balaban J connectivity index is 1.66. The molecule has 5 atom stereocenters. The van der Waals surface area contributed by atoms with Gasteiger partial charge in [-0.15, -0.1) is 0 Å². The number of carbonyl (C=O) groups excluding carboxylic acids is 2. The molecule has 1 fully saturated rings. The van der Waals surface area contributed by atoms with Gasteiger partial charge in [0.05, 0.1) is 11.8 Å². The van der Waals surface area contributed by atoms with E-state index in [1.165, 1.54) is 21.8 Å². The van der Waals surface area contributed by atoms with Crippen LogP contribution in [0.15, 0.2) is 18.5 Å². The predicted molar refractivity (Wildman–Crippen MR) is 118 cm³/mol. The summed E-state index contributed by atoms with van der Waals surface area (Å²) in [6.07, 6.45) is -4.85. The molecule has 0 saturated carbocycles. The van der Waals surface area contributed by atoms with E-state index in [0.29, 0.717) is 5.52 Å². The van der Waals surface area contributed by atoms with Crippen LogP contribution in [0.2, 0.25) is 0 Å². The molecule has 3 rings (SSSR count). The summed E-state index contributed by atoms with van der Waals surface area (Å²) in [7, 11) is 3.24. The number of aliphatic hydroxyl groups is 2. The first-order valence-electron chi connectivity index (χ1n) is 10.7. The number of rotatable bonds is 8. The predicted octanol–water partition coefficient (Wildman–Crippen LogP) is -0.814. The molecular formula is C21H28N6O8. The highest BCUT2D eigenvalue weighted by atomic mass is 16.7. The first-order chi connectivity index (χ1) is 16.5. The van der Waals surface area contributed by atoms with Crippen molar-refractivity contribution in [3.05, 3.63) is 24.2 Å². The maximum Gasteiger partial charge on any atom is 0.508 e. The topological polar surface area (TPSA) is 195 Å². The van der Waals surface area contributed by atoms with E-state index in [0.717, 1.165) is 0 Å². The summed E-state index contributed by atoms with van der Waals surface area (Å²) < 4.78 is 22.1. The number of ether oxygens (including phenoxy) is 4. The summed E-state index contributed by atoms with van der Waals surface area (Å²) in [6.45, 7) is 2.51. The van der Waals surface area contributed by atoms with Crippen LogP contribution in [0.5, 0.6) is 0 Å². The molecule has 190 valence electrons. The lowest BCUT2D eigenvalue weighted by Gasteiger charge is -2.24. The standard InChI is InChI=1S/C21H28N6O8/c1-11(2)34-19(30)13(26(3)4)7-32-20(31)33-8-14-16(28)17(29)21(9-22,35-14)15-6-5-12-18(23)24-10-25-27(12)15/h5-6,10-11,13-14,16-17,28-29H,7-8H2,1-4H3,(H2,23,24,25)/t13-,14+,16+,17+,21-/m0/s1. The number of anilines is 1. The van der Waals surface area contributed by atoms with Gasteiger partial charge in [0.25, 0.3) is 0 Å². The van der Waals surface area contributed by atoms with Crippen LogP contribution in [-0.4, -0.2) is 99.6 Å². The average Bonchev–Trinajstić information content (AvgIpc) is 3.33. The van der Waals surface area contributed by atoms with Gasteiger partial charge < -0.3 is 34.9 Å². The molecule has 14 nitrogen and oxygen atoms in total. The van der Waals surface area contributed by atoms with Gasteiger partial charge in [-0.05, 0) is 40.1 Å². The molecule has 3 heterocycles. The number of aromatic nitrogens is 3. The molecule has 2 aromatic rings. The van der Waals surface area contributed by atoms with Crippen molar-refractivity contribution in [1.82, 2.24) is 19.5 Å². The maximum atomic E-state index is 12.2. The Bertz CT molecular complexity index is 1110. The van der Waals surface area contributed by atoms with Crippen LogP contribution < -0.4 is 5.73 Å². The molecule has 14 heteroatoms. The third kappa shape index (κ3) is 5.13. The van der Waals surface area contributed by atoms with E-state index < -0.39 is 48.7 Å². The van der Waals surface area contributed by atoms with Crippen LogP contribution in [0.25, 0.3) is 5.52 Å². The van der Waals surface area contributed by atoms with Gasteiger partial charge >= 0.3 is 12.1 Å². The Morgan fingerprint density at radius 2 is 2.06 bits per heavy atom. The molecule has 0 bridgehead atoms. The highest BCUT2D eigenvalue weighted by Crippen LogP contribution is 2.40. The van der Waals surface area contributed by atoms with E-state index >= 15 is 0 Å². The molecule has 1 aliphatic heterocycles. The fourth-order valence-electron chi connectivity index (χ4n) is 3.63. The van der Waals surface area contributed by atoms with Gasteiger partial charge in [-0.25, -0.2) is 14.3 Å². The molecule has 1 saturated heterocycles. The molecule has 0 amide bonds. The van der Waals surface area contributed by atoms with Crippen LogP contribution in [0, 0.1) is 11.3 Å². The smallest absolute Gasteiger partial charge is 0.462 e. The van der Waals surface area contributed by atoms with Crippen molar-refractivity contribution in [2.24, 2.45) is 0 Å². The number of aliphatic hydroxyl groups excluding tert-OH is 2. The van der Waals surface area contributed by atoms with Gasteiger partial charge in [-0.1, -0.05) is 0 Å². The van der Waals surface area contributed by atoms with Gasteiger partial charge in [0.1, 0.15) is 55.5 Å². The van der Waals surface area contributed by atoms with Crippen molar-refractivity contribution in [2.45, 2.75) is 49.9 Å². The zero-order valence-electron chi connectivity index (χ0n) is 19.7. The molecule has 0 unspecified atom stereocenters. The number of nitrogens with zero attached hydrogens (tertiary/aromatic N) is 5. The molecule has 0 aliphatic carbocycles. The zero-order chi connectivity index (χ0) is 25.9. The monoisotopic (exact) mass is 492 g/mol. The number of hydrogen-bond donors (Lipinski definition) is 3. The third-order valence-electron chi connectivity index (χ3n) is 5.46. The molecule has 0 radical (unpaired) electrons. The second kappa shape index (κ2) is 10.4. The zero-order valence-corrected chi connectivity index (χ0v) is 19.7. The van der Waals surface area contributed by atoms with E-state index in [4.69, 9.17) is 24.7 Å². The SMILES string of the molecule is CC(C)OC(=O)[C@H](COC(=O)OC[C@H]1O[C@@](C#N)(c2ccc3c(N)ncnn23)[C@H](O)[C@@H]1O)N(C)C. The van der Waals surface area contributed by atoms with Crippen LogP contribution >= 0.6 is 0 Å². The Labute approximate surface area is 200 Å². The molecular weight excluding hydrogens is 464 g/mol. The van der Waals surface area contributed by atoms with Crippen molar-refractivity contribution in [3.8, 4) is 6.07 Å². The highest BCUT2D eigenvalue weighted by molar-refractivity contribution is 5.76. The van der Waals surface area contributed by atoms with Crippen molar-refractivity contribution < 1.29 is 38.7 Å². The van der Waals surface area contributed by atoms with Crippen LogP contribution in [-0.2, 0) is 29.3 Å². The fraction of sp³-hybridized carbons (Fsp3) is 0.571. The Morgan fingerprint density at radius 3 is 2.69 bits per heavy atom. The number of likely N-dealkylation sites (N-methyl/N-ethyl adjacent to an activating group) is 1. The molecule has 2 aromatic heterocycles. The minimum Gasteiger partial charge on any atom is -0.462 e. The minimum atomic E-state index is -2.03. The molecule has 4 N–H and O–H groups in total. The van der Waals surface area contributed by atoms with Crippen LogP contribution in [0.4, 0.5) is 10.6 Å². The Hall–Kier alpha value is -3.51.